The van der Waals surface area contributed by atoms with Crippen LogP contribution in [0.3, 0.4) is 0 Å². The number of amides is 1. The Morgan fingerprint density at radius 2 is 2.36 bits per heavy atom. The Labute approximate surface area is 82.3 Å². The van der Waals surface area contributed by atoms with Crippen LogP contribution in [0.25, 0.3) is 0 Å². The van der Waals surface area contributed by atoms with Gasteiger partial charge in [0.25, 0.3) is 0 Å². The molecule has 1 aliphatic carbocycles. The lowest BCUT2D eigenvalue weighted by molar-refractivity contribution is -0.117. The molecule has 1 saturated carbocycles. The standard InChI is InChI=1S/C9H14N4O/c1-2-13-9(6-3-4-6)7(11-12-13)5-8(10)14/h6H,2-5H2,1H3,(H2,10,14). The van der Waals surface area contributed by atoms with Crippen molar-refractivity contribution in [3.8, 4) is 0 Å². The van der Waals surface area contributed by atoms with E-state index >= 15 is 0 Å². The fourth-order valence-electron chi connectivity index (χ4n) is 1.68. The van der Waals surface area contributed by atoms with Crippen LogP contribution in [0.2, 0.25) is 0 Å². The third-order valence-electron chi connectivity index (χ3n) is 2.45. The van der Waals surface area contributed by atoms with E-state index in [1.54, 1.807) is 0 Å². The molecule has 1 aromatic rings. The molecule has 0 aromatic carbocycles. The zero-order valence-corrected chi connectivity index (χ0v) is 8.23. The second-order valence-corrected chi connectivity index (χ2v) is 3.65. The maximum atomic E-state index is 10.8. The van der Waals surface area contributed by atoms with Crippen molar-refractivity contribution in [1.29, 1.82) is 0 Å². The minimum absolute atomic E-state index is 0.214. The first-order chi connectivity index (χ1) is 6.72. The molecule has 0 spiro atoms. The Morgan fingerprint density at radius 1 is 1.64 bits per heavy atom. The molecule has 5 nitrogen and oxygen atoms in total. The van der Waals surface area contributed by atoms with E-state index in [1.807, 2.05) is 11.6 Å². The summed E-state index contributed by atoms with van der Waals surface area (Å²) in [5, 5.41) is 8.01. The van der Waals surface area contributed by atoms with Crippen molar-refractivity contribution in [2.75, 3.05) is 0 Å². The lowest BCUT2D eigenvalue weighted by atomic mass is 10.2. The molecule has 1 fully saturated rings. The van der Waals surface area contributed by atoms with Gasteiger partial charge in [-0.2, -0.15) is 0 Å². The minimum Gasteiger partial charge on any atom is -0.369 e. The molecule has 2 rings (SSSR count). The molecule has 76 valence electrons. The van der Waals surface area contributed by atoms with Gasteiger partial charge in [0.1, 0.15) is 0 Å². The highest BCUT2D eigenvalue weighted by atomic mass is 16.1. The smallest absolute Gasteiger partial charge is 0.223 e. The zero-order chi connectivity index (χ0) is 10.1. The summed E-state index contributed by atoms with van der Waals surface area (Å²) in [5.41, 5.74) is 7.03. The Hall–Kier alpha value is -1.39. The lowest BCUT2D eigenvalue weighted by Gasteiger charge is -2.02. The normalized spacial score (nSPS) is 15.8. The summed E-state index contributed by atoms with van der Waals surface area (Å²) in [5.74, 6) is 0.217. The number of aromatic nitrogens is 3. The number of carbonyl (C=O) groups excluding carboxylic acids is 1. The van der Waals surface area contributed by atoms with E-state index in [4.69, 9.17) is 5.73 Å². The Balaban J connectivity index is 2.29. The minimum atomic E-state index is -0.338. The van der Waals surface area contributed by atoms with Crippen LogP contribution in [0.15, 0.2) is 0 Å². The van der Waals surface area contributed by atoms with Crippen LogP contribution in [0.5, 0.6) is 0 Å². The maximum absolute atomic E-state index is 10.8. The van der Waals surface area contributed by atoms with Crippen LogP contribution in [0, 0.1) is 0 Å². The molecular weight excluding hydrogens is 180 g/mol. The molecule has 2 N–H and O–H groups in total. The van der Waals surface area contributed by atoms with Gasteiger partial charge in [0, 0.05) is 12.5 Å². The zero-order valence-electron chi connectivity index (χ0n) is 8.23. The van der Waals surface area contributed by atoms with Gasteiger partial charge in [-0.15, -0.1) is 5.10 Å². The molecule has 0 atom stereocenters. The topological polar surface area (TPSA) is 73.8 Å². The molecule has 1 heterocycles. The summed E-state index contributed by atoms with van der Waals surface area (Å²) >= 11 is 0. The maximum Gasteiger partial charge on any atom is 0.223 e. The summed E-state index contributed by atoms with van der Waals surface area (Å²) in [4.78, 5) is 10.8. The van der Waals surface area contributed by atoms with Gasteiger partial charge in [-0.05, 0) is 19.8 Å². The van der Waals surface area contributed by atoms with Gasteiger partial charge >= 0.3 is 0 Å². The van der Waals surface area contributed by atoms with E-state index in [1.165, 1.54) is 12.8 Å². The Morgan fingerprint density at radius 3 is 2.86 bits per heavy atom. The Bertz CT molecular complexity index is 354. The first-order valence-corrected chi connectivity index (χ1v) is 4.93. The molecule has 1 aliphatic rings. The van der Waals surface area contributed by atoms with Crippen LogP contribution < -0.4 is 5.73 Å². The second-order valence-electron chi connectivity index (χ2n) is 3.65. The predicted molar refractivity (Wildman–Crippen MR) is 50.6 cm³/mol. The van der Waals surface area contributed by atoms with Crippen LogP contribution in [0.1, 0.15) is 37.1 Å². The van der Waals surface area contributed by atoms with Gasteiger partial charge in [-0.1, -0.05) is 5.21 Å². The number of hydrogen-bond donors (Lipinski definition) is 1. The van der Waals surface area contributed by atoms with Crippen molar-refractivity contribution >= 4 is 5.91 Å². The van der Waals surface area contributed by atoms with Gasteiger partial charge in [0.05, 0.1) is 17.8 Å². The van der Waals surface area contributed by atoms with Crippen molar-refractivity contribution in [3.63, 3.8) is 0 Å². The number of primary amides is 1. The van der Waals surface area contributed by atoms with Gasteiger partial charge in [0.15, 0.2) is 0 Å². The number of aryl methyl sites for hydroxylation is 1. The lowest BCUT2D eigenvalue weighted by Crippen LogP contribution is -2.15. The first-order valence-electron chi connectivity index (χ1n) is 4.93. The van der Waals surface area contributed by atoms with Gasteiger partial charge in [0.2, 0.25) is 5.91 Å². The van der Waals surface area contributed by atoms with E-state index in [0.717, 1.165) is 17.9 Å². The van der Waals surface area contributed by atoms with E-state index in [-0.39, 0.29) is 12.3 Å². The van der Waals surface area contributed by atoms with Crippen molar-refractivity contribution < 1.29 is 4.79 Å². The van der Waals surface area contributed by atoms with Crippen molar-refractivity contribution in [3.05, 3.63) is 11.4 Å². The second kappa shape index (κ2) is 3.40. The molecule has 0 unspecified atom stereocenters. The number of nitrogens with two attached hydrogens (primary N) is 1. The third kappa shape index (κ3) is 1.62. The molecule has 0 saturated heterocycles. The molecule has 1 amide bonds. The largest absolute Gasteiger partial charge is 0.369 e. The summed E-state index contributed by atoms with van der Waals surface area (Å²) in [7, 11) is 0. The molecule has 0 radical (unpaired) electrons. The SMILES string of the molecule is CCn1nnc(CC(N)=O)c1C1CC1. The highest BCUT2D eigenvalue weighted by Crippen LogP contribution is 2.41. The molecule has 14 heavy (non-hydrogen) atoms. The molecular formula is C9H14N4O. The van der Waals surface area contributed by atoms with Gasteiger partial charge in [-0.3, -0.25) is 4.79 Å². The average molecular weight is 194 g/mol. The Kier molecular flexibility index (Phi) is 2.23. The van der Waals surface area contributed by atoms with Crippen molar-refractivity contribution in [2.45, 2.75) is 38.6 Å². The molecule has 5 heteroatoms. The first kappa shape index (κ1) is 9.18. The highest BCUT2D eigenvalue weighted by molar-refractivity contribution is 5.76. The van der Waals surface area contributed by atoms with Gasteiger partial charge < -0.3 is 5.73 Å². The average Bonchev–Trinajstić information content (AvgIpc) is 2.88. The van der Waals surface area contributed by atoms with E-state index in [0.29, 0.717) is 5.92 Å². The fraction of sp³-hybridized carbons (Fsp3) is 0.667. The molecule has 0 aliphatic heterocycles. The number of hydrogen-bond acceptors (Lipinski definition) is 3. The fourth-order valence-corrected chi connectivity index (χ4v) is 1.68. The van der Waals surface area contributed by atoms with Crippen LogP contribution in [0.4, 0.5) is 0 Å². The van der Waals surface area contributed by atoms with E-state index in [2.05, 4.69) is 10.3 Å². The highest BCUT2D eigenvalue weighted by Gasteiger charge is 2.31. The van der Waals surface area contributed by atoms with Crippen molar-refractivity contribution in [1.82, 2.24) is 15.0 Å². The quantitative estimate of drug-likeness (QED) is 0.744. The monoisotopic (exact) mass is 194 g/mol. The third-order valence-corrected chi connectivity index (χ3v) is 2.45. The number of nitrogens with zero attached hydrogens (tertiary/aromatic N) is 3. The summed E-state index contributed by atoms with van der Waals surface area (Å²) in [6.07, 6.45) is 2.57. The summed E-state index contributed by atoms with van der Waals surface area (Å²) < 4.78 is 1.87. The molecule has 0 bridgehead atoms. The van der Waals surface area contributed by atoms with Crippen LogP contribution >= 0.6 is 0 Å². The van der Waals surface area contributed by atoms with Crippen LogP contribution in [-0.4, -0.2) is 20.9 Å². The summed E-state index contributed by atoms with van der Waals surface area (Å²) in [6, 6.07) is 0. The predicted octanol–water partition coefficient (Wildman–Crippen LogP) is 0.203. The van der Waals surface area contributed by atoms with E-state index in [9.17, 15) is 4.79 Å². The number of carbonyl (C=O) groups is 1. The summed E-state index contributed by atoms with van der Waals surface area (Å²) in [6.45, 7) is 2.83. The van der Waals surface area contributed by atoms with Crippen LogP contribution in [-0.2, 0) is 17.8 Å². The molecule has 1 aromatic heterocycles. The van der Waals surface area contributed by atoms with Gasteiger partial charge in [-0.25, -0.2) is 4.68 Å². The number of rotatable bonds is 4. The van der Waals surface area contributed by atoms with E-state index < -0.39 is 0 Å². The van der Waals surface area contributed by atoms with Crippen molar-refractivity contribution in [2.24, 2.45) is 5.73 Å².